The molecule has 38 heavy (non-hydrogen) atoms. The van der Waals surface area contributed by atoms with Crippen LogP contribution in [-0.4, -0.2) is 70.4 Å². The van der Waals surface area contributed by atoms with E-state index in [4.69, 9.17) is 19.4 Å². The average Bonchev–Trinajstić information content (AvgIpc) is 3.32. The minimum Gasteiger partial charge on any atom is -0.493 e. The Morgan fingerprint density at radius 1 is 1.13 bits per heavy atom. The van der Waals surface area contributed by atoms with Crippen LogP contribution in [0.4, 0.5) is 17.3 Å². The standard InChI is InChI=1S/C27H31N7O3S/c1-18-16-25(33-32-18)30-26-23-9-6-21(37-13-3-10-34-11-14-36-15-12-34)17-24(23)29-27(31-26)38-22-7-4-20(5-8-22)28-19(2)35/h4-9,16-17H,3,10-15H2,1-2H3,(H,28,35)(H2,29,30,31,32,33). The summed E-state index contributed by atoms with van der Waals surface area (Å²) in [4.78, 5) is 24.3. The van der Waals surface area contributed by atoms with Gasteiger partial charge in [-0.1, -0.05) is 0 Å². The molecular weight excluding hydrogens is 502 g/mol. The van der Waals surface area contributed by atoms with Gasteiger partial charge in [0, 0.05) is 54.7 Å². The Hall–Kier alpha value is -3.67. The van der Waals surface area contributed by atoms with Crippen molar-refractivity contribution < 1.29 is 14.3 Å². The molecule has 5 rings (SSSR count). The summed E-state index contributed by atoms with van der Waals surface area (Å²) in [6.45, 7) is 8.62. The molecule has 3 heterocycles. The van der Waals surface area contributed by atoms with Gasteiger partial charge in [0.1, 0.15) is 17.4 Å². The predicted octanol–water partition coefficient (Wildman–Crippen LogP) is 4.62. The minimum atomic E-state index is -0.104. The maximum absolute atomic E-state index is 11.3. The molecule has 4 aromatic rings. The largest absolute Gasteiger partial charge is 0.493 e. The fraction of sp³-hybridized carbons (Fsp3) is 0.333. The topological polar surface area (TPSA) is 117 Å². The SMILES string of the molecule is CC(=O)Nc1ccc(Sc2nc(Nc3cc(C)n[nH]3)c3ccc(OCCCN4CCOCC4)cc3n2)cc1. The Bertz CT molecular complexity index is 1390. The van der Waals surface area contributed by atoms with Crippen molar-refractivity contribution in [3.63, 3.8) is 0 Å². The van der Waals surface area contributed by atoms with Crippen molar-refractivity contribution >= 4 is 45.9 Å². The van der Waals surface area contributed by atoms with E-state index in [0.29, 0.717) is 17.6 Å². The second kappa shape index (κ2) is 12.2. The van der Waals surface area contributed by atoms with Crippen LogP contribution in [-0.2, 0) is 9.53 Å². The third kappa shape index (κ3) is 7.00. The van der Waals surface area contributed by atoms with Gasteiger partial charge in [0.2, 0.25) is 5.91 Å². The van der Waals surface area contributed by atoms with Gasteiger partial charge < -0.3 is 20.1 Å². The van der Waals surface area contributed by atoms with Crippen LogP contribution in [0.2, 0.25) is 0 Å². The molecular formula is C27H31N7O3S. The predicted molar refractivity (Wildman–Crippen MR) is 148 cm³/mol. The van der Waals surface area contributed by atoms with E-state index in [1.807, 2.05) is 55.5 Å². The highest BCUT2D eigenvalue weighted by atomic mass is 32.2. The molecule has 0 radical (unpaired) electrons. The van der Waals surface area contributed by atoms with E-state index in [0.717, 1.165) is 78.0 Å². The molecule has 0 bridgehead atoms. The number of aromatic nitrogens is 4. The molecule has 0 spiro atoms. The molecule has 2 aromatic heterocycles. The summed E-state index contributed by atoms with van der Waals surface area (Å²) in [5.74, 6) is 2.10. The van der Waals surface area contributed by atoms with Crippen molar-refractivity contribution in [1.29, 1.82) is 0 Å². The van der Waals surface area contributed by atoms with Crippen molar-refractivity contribution in [3.8, 4) is 5.75 Å². The van der Waals surface area contributed by atoms with Gasteiger partial charge in [-0.2, -0.15) is 5.10 Å². The van der Waals surface area contributed by atoms with Crippen molar-refractivity contribution in [2.75, 3.05) is 50.1 Å². The highest BCUT2D eigenvalue weighted by Gasteiger charge is 2.13. The van der Waals surface area contributed by atoms with E-state index in [1.165, 1.54) is 18.7 Å². The lowest BCUT2D eigenvalue weighted by molar-refractivity contribution is -0.114. The molecule has 1 fully saturated rings. The zero-order chi connectivity index (χ0) is 26.3. The first-order chi connectivity index (χ1) is 18.5. The van der Waals surface area contributed by atoms with Gasteiger partial charge >= 0.3 is 0 Å². The number of aryl methyl sites for hydroxylation is 1. The van der Waals surface area contributed by atoms with E-state index in [2.05, 4.69) is 25.7 Å². The van der Waals surface area contributed by atoms with Crippen LogP contribution in [0.15, 0.2) is 58.6 Å². The minimum absolute atomic E-state index is 0.104. The van der Waals surface area contributed by atoms with Gasteiger partial charge in [0.25, 0.3) is 0 Å². The molecule has 2 aromatic carbocycles. The molecule has 0 unspecified atom stereocenters. The normalized spacial score (nSPS) is 13.9. The van der Waals surface area contributed by atoms with Gasteiger partial charge in [-0.3, -0.25) is 14.8 Å². The Balaban J connectivity index is 1.34. The number of nitrogens with zero attached hydrogens (tertiary/aromatic N) is 4. The van der Waals surface area contributed by atoms with Gasteiger partial charge in [0.05, 0.1) is 31.0 Å². The highest BCUT2D eigenvalue weighted by molar-refractivity contribution is 7.99. The number of H-pyrrole nitrogens is 1. The molecule has 1 aliphatic rings. The fourth-order valence-electron chi connectivity index (χ4n) is 4.15. The first-order valence-corrected chi connectivity index (χ1v) is 13.4. The number of rotatable bonds is 10. The number of nitrogens with one attached hydrogen (secondary N) is 3. The summed E-state index contributed by atoms with van der Waals surface area (Å²) in [6, 6.07) is 15.4. The van der Waals surface area contributed by atoms with E-state index >= 15 is 0 Å². The number of aromatic amines is 1. The molecule has 11 heteroatoms. The van der Waals surface area contributed by atoms with E-state index in [-0.39, 0.29) is 5.91 Å². The van der Waals surface area contributed by atoms with Crippen LogP contribution in [0, 0.1) is 6.92 Å². The number of anilines is 3. The van der Waals surface area contributed by atoms with Crippen LogP contribution in [0.25, 0.3) is 10.9 Å². The quantitative estimate of drug-likeness (QED) is 0.198. The number of hydrogen-bond donors (Lipinski definition) is 3. The van der Waals surface area contributed by atoms with Gasteiger partial charge in [-0.05, 0) is 61.5 Å². The number of carbonyl (C=O) groups excluding carboxylic acids is 1. The number of amides is 1. The number of hydrogen-bond acceptors (Lipinski definition) is 9. The first-order valence-electron chi connectivity index (χ1n) is 12.6. The van der Waals surface area contributed by atoms with Crippen LogP contribution >= 0.6 is 11.8 Å². The van der Waals surface area contributed by atoms with E-state index < -0.39 is 0 Å². The lowest BCUT2D eigenvalue weighted by Crippen LogP contribution is -2.37. The van der Waals surface area contributed by atoms with E-state index in [1.54, 1.807) is 0 Å². The number of morpholine rings is 1. The second-order valence-electron chi connectivity index (χ2n) is 9.05. The molecule has 3 N–H and O–H groups in total. The molecule has 0 saturated carbocycles. The van der Waals surface area contributed by atoms with Gasteiger partial charge in [0.15, 0.2) is 5.16 Å². The summed E-state index contributed by atoms with van der Waals surface area (Å²) in [5, 5.41) is 14.8. The van der Waals surface area contributed by atoms with E-state index in [9.17, 15) is 4.79 Å². The molecule has 10 nitrogen and oxygen atoms in total. The summed E-state index contributed by atoms with van der Waals surface area (Å²) in [6.07, 6.45) is 0.948. The lowest BCUT2D eigenvalue weighted by Gasteiger charge is -2.26. The van der Waals surface area contributed by atoms with Gasteiger partial charge in [-0.15, -0.1) is 0 Å². The van der Waals surface area contributed by atoms with Crippen molar-refractivity contribution in [2.45, 2.75) is 30.3 Å². The smallest absolute Gasteiger partial charge is 0.221 e. The molecule has 1 amide bonds. The Kier molecular flexibility index (Phi) is 8.37. The summed E-state index contributed by atoms with van der Waals surface area (Å²) < 4.78 is 11.5. The zero-order valence-corrected chi connectivity index (χ0v) is 22.3. The second-order valence-corrected chi connectivity index (χ2v) is 10.1. The number of benzene rings is 2. The maximum Gasteiger partial charge on any atom is 0.221 e. The molecule has 0 atom stereocenters. The van der Waals surface area contributed by atoms with Crippen LogP contribution in [0.1, 0.15) is 19.0 Å². The molecule has 198 valence electrons. The Labute approximate surface area is 225 Å². The summed E-state index contributed by atoms with van der Waals surface area (Å²) >= 11 is 1.45. The zero-order valence-electron chi connectivity index (χ0n) is 21.5. The monoisotopic (exact) mass is 533 g/mol. The van der Waals surface area contributed by atoms with Crippen molar-refractivity contribution in [3.05, 3.63) is 54.2 Å². The van der Waals surface area contributed by atoms with Crippen molar-refractivity contribution in [1.82, 2.24) is 25.1 Å². The third-order valence-corrected chi connectivity index (χ3v) is 6.85. The van der Waals surface area contributed by atoms with Crippen LogP contribution < -0.4 is 15.4 Å². The Morgan fingerprint density at radius 2 is 1.95 bits per heavy atom. The maximum atomic E-state index is 11.3. The summed E-state index contributed by atoms with van der Waals surface area (Å²) in [5.41, 5.74) is 2.41. The molecule has 0 aliphatic carbocycles. The first kappa shape index (κ1) is 26.0. The van der Waals surface area contributed by atoms with Crippen LogP contribution in [0.3, 0.4) is 0 Å². The van der Waals surface area contributed by atoms with Gasteiger partial charge in [-0.25, -0.2) is 9.97 Å². The lowest BCUT2D eigenvalue weighted by atomic mass is 10.2. The number of fused-ring (bicyclic) bond motifs is 1. The Morgan fingerprint density at radius 3 is 2.68 bits per heavy atom. The highest BCUT2D eigenvalue weighted by Crippen LogP contribution is 2.32. The fourth-order valence-corrected chi connectivity index (χ4v) is 4.91. The average molecular weight is 534 g/mol. The molecule has 1 aliphatic heterocycles. The van der Waals surface area contributed by atoms with Crippen LogP contribution in [0.5, 0.6) is 5.75 Å². The molecule has 1 saturated heterocycles. The number of carbonyl (C=O) groups is 1. The number of ether oxygens (including phenoxy) is 2. The summed E-state index contributed by atoms with van der Waals surface area (Å²) in [7, 11) is 0. The van der Waals surface area contributed by atoms with Crippen molar-refractivity contribution in [2.24, 2.45) is 0 Å². The third-order valence-electron chi connectivity index (χ3n) is 5.98.